The first-order valence-electron chi connectivity index (χ1n) is 6.50. The topological polar surface area (TPSA) is 35.5 Å². The lowest BCUT2D eigenvalue weighted by atomic mass is 10.1. The van der Waals surface area contributed by atoms with E-state index in [1.165, 1.54) is 17.7 Å². The van der Waals surface area contributed by atoms with Crippen molar-refractivity contribution < 1.29 is 9.50 Å². The molecule has 0 spiro atoms. The van der Waals surface area contributed by atoms with Gasteiger partial charge in [0.25, 0.3) is 0 Å². The maximum atomic E-state index is 13.3. The smallest absolute Gasteiger partial charge is 0.165 e. The summed E-state index contributed by atoms with van der Waals surface area (Å²) in [5.41, 5.74) is 3.02. The van der Waals surface area contributed by atoms with E-state index in [-0.39, 0.29) is 5.75 Å². The Bertz CT molecular complexity index is 584. The first-order chi connectivity index (χ1) is 9.56. The molecule has 0 aromatic heterocycles. The Morgan fingerprint density at radius 1 is 1.15 bits per heavy atom. The normalized spacial score (nSPS) is 10.8. The molecule has 0 fully saturated rings. The van der Waals surface area contributed by atoms with Crippen molar-refractivity contribution in [3.05, 3.63) is 59.4 Å². The van der Waals surface area contributed by atoms with Gasteiger partial charge in [0.1, 0.15) is 0 Å². The molecule has 4 heteroatoms. The highest BCUT2D eigenvalue weighted by Crippen LogP contribution is 2.20. The molecule has 0 atom stereocenters. The summed E-state index contributed by atoms with van der Waals surface area (Å²) in [4.78, 5) is 2.10. The fourth-order valence-corrected chi connectivity index (χ4v) is 2.03. The summed E-state index contributed by atoms with van der Waals surface area (Å²) in [5.74, 6) is -0.910. The van der Waals surface area contributed by atoms with Crippen molar-refractivity contribution >= 4 is 5.69 Å². The predicted octanol–water partition coefficient (Wildman–Crippen LogP) is 3.21. The fraction of sp³-hybridized carbons (Fsp3) is 0.250. The van der Waals surface area contributed by atoms with Crippen LogP contribution in [-0.4, -0.2) is 24.1 Å². The summed E-state index contributed by atoms with van der Waals surface area (Å²) in [6, 6.07) is 12.5. The van der Waals surface area contributed by atoms with E-state index in [1.807, 2.05) is 32.3 Å². The van der Waals surface area contributed by atoms with Gasteiger partial charge in [0.2, 0.25) is 0 Å². The molecule has 0 saturated carbocycles. The van der Waals surface area contributed by atoms with Crippen LogP contribution in [0.3, 0.4) is 0 Å². The van der Waals surface area contributed by atoms with Crippen LogP contribution < -0.4 is 5.32 Å². The van der Waals surface area contributed by atoms with Crippen LogP contribution in [0, 0.1) is 5.82 Å². The van der Waals surface area contributed by atoms with Crippen LogP contribution in [0.4, 0.5) is 10.1 Å². The van der Waals surface area contributed by atoms with Crippen molar-refractivity contribution in [1.29, 1.82) is 0 Å². The minimum absolute atomic E-state index is 0.318. The van der Waals surface area contributed by atoms with E-state index in [2.05, 4.69) is 16.3 Å². The predicted molar refractivity (Wildman–Crippen MR) is 79.2 cm³/mol. The Kier molecular flexibility index (Phi) is 4.58. The SMILES string of the molecule is CN(C)Cc1ccccc1NCc1ccc(O)c(F)c1. The van der Waals surface area contributed by atoms with Gasteiger partial charge in [-0.05, 0) is 43.4 Å². The van der Waals surface area contributed by atoms with Gasteiger partial charge in [-0.2, -0.15) is 0 Å². The zero-order chi connectivity index (χ0) is 14.5. The van der Waals surface area contributed by atoms with Gasteiger partial charge >= 0.3 is 0 Å². The standard InChI is InChI=1S/C16H19FN2O/c1-19(2)11-13-5-3-4-6-15(13)18-10-12-7-8-16(20)14(17)9-12/h3-9,18,20H,10-11H2,1-2H3. The number of phenolic OH excluding ortho intramolecular Hbond substituents is 1. The van der Waals surface area contributed by atoms with Crippen LogP contribution in [0.1, 0.15) is 11.1 Å². The minimum atomic E-state index is -0.592. The Balaban J connectivity index is 2.08. The Morgan fingerprint density at radius 2 is 1.90 bits per heavy atom. The number of nitrogens with zero attached hydrogens (tertiary/aromatic N) is 1. The van der Waals surface area contributed by atoms with Gasteiger partial charge in [-0.15, -0.1) is 0 Å². The third-order valence-electron chi connectivity index (χ3n) is 3.00. The van der Waals surface area contributed by atoms with Gasteiger partial charge in [-0.1, -0.05) is 24.3 Å². The summed E-state index contributed by atoms with van der Waals surface area (Å²) in [5, 5.41) is 12.5. The monoisotopic (exact) mass is 274 g/mol. The average molecular weight is 274 g/mol. The largest absolute Gasteiger partial charge is 0.505 e. The number of phenols is 1. The number of para-hydroxylation sites is 1. The fourth-order valence-electron chi connectivity index (χ4n) is 2.03. The summed E-state index contributed by atoms with van der Waals surface area (Å²) >= 11 is 0. The highest BCUT2D eigenvalue weighted by Gasteiger charge is 2.04. The van der Waals surface area contributed by atoms with E-state index in [4.69, 9.17) is 0 Å². The highest BCUT2D eigenvalue weighted by atomic mass is 19.1. The van der Waals surface area contributed by atoms with Crippen molar-refractivity contribution in [1.82, 2.24) is 4.90 Å². The number of aromatic hydroxyl groups is 1. The van der Waals surface area contributed by atoms with Crippen molar-refractivity contribution in [3.8, 4) is 5.75 Å². The number of rotatable bonds is 5. The van der Waals surface area contributed by atoms with Crippen LogP contribution in [0.5, 0.6) is 5.75 Å². The second kappa shape index (κ2) is 6.39. The molecule has 0 unspecified atom stereocenters. The molecule has 0 amide bonds. The molecular weight excluding hydrogens is 255 g/mol. The lowest BCUT2D eigenvalue weighted by Crippen LogP contribution is -2.12. The molecule has 2 aromatic rings. The second-order valence-corrected chi connectivity index (χ2v) is 5.03. The lowest BCUT2D eigenvalue weighted by Gasteiger charge is -2.15. The number of nitrogens with one attached hydrogen (secondary N) is 1. The molecule has 20 heavy (non-hydrogen) atoms. The van der Waals surface area contributed by atoms with Gasteiger partial charge in [-0.3, -0.25) is 0 Å². The van der Waals surface area contributed by atoms with Crippen molar-refractivity contribution in [3.63, 3.8) is 0 Å². The van der Waals surface area contributed by atoms with Crippen LogP contribution >= 0.6 is 0 Å². The molecular formula is C16H19FN2O. The van der Waals surface area contributed by atoms with E-state index < -0.39 is 5.82 Å². The van der Waals surface area contributed by atoms with E-state index in [1.54, 1.807) is 6.07 Å². The van der Waals surface area contributed by atoms with E-state index in [9.17, 15) is 9.50 Å². The van der Waals surface area contributed by atoms with Crippen molar-refractivity contribution in [2.24, 2.45) is 0 Å². The maximum absolute atomic E-state index is 13.3. The van der Waals surface area contributed by atoms with Gasteiger partial charge in [-0.25, -0.2) is 4.39 Å². The molecule has 0 aliphatic rings. The van der Waals surface area contributed by atoms with Crippen molar-refractivity contribution in [2.45, 2.75) is 13.1 Å². The van der Waals surface area contributed by atoms with Crippen molar-refractivity contribution in [2.75, 3.05) is 19.4 Å². The molecule has 0 aliphatic carbocycles. The maximum Gasteiger partial charge on any atom is 0.165 e. The molecule has 2 N–H and O–H groups in total. The first-order valence-corrected chi connectivity index (χ1v) is 6.50. The van der Waals surface area contributed by atoms with Crippen LogP contribution in [0.2, 0.25) is 0 Å². The number of halogens is 1. The third-order valence-corrected chi connectivity index (χ3v) is 3.00. The Morgan fingerprint density at radius 3 is 2.60 bits per heavy atom. The summed E-state index contributed by atoms with van der Waals surface area (Å²) in [6.07, 6.45) is 0. The molecule has 2 rings (SSSR count). The summed E-state index contributed by atoms with van der Waals surface area (Å²) in [7, 11) is 4.04. The number of hydrogen-bond acceptors (Lipinski definition) is 3. The quantitative estimate of drug-likeness (QED) is 0.879. The number of benzene rings is 2. The zero-order valence-corrected chi connectivity index (χ0v) is 11.7. The second-order valence-electron chi connectivity index (χ2n) is 5.03. The van der Waals surface area contributed by atoms with E-state index in [0.29, 0.717) is 6.54 Å². The first kappa shape index (κ1) is 14.3. The minimum Gasteiger partial charge on any atom is -0.505 e. The molecule has 0 saturated heterocycles. The summed E-state index contributed by atoms with van der Waals surface area (Å²) < 4.78 is 13.3. The molecule has 0 radical (unpaired) electrons. The molecule has 0 bridgehead atoms. The molecule has 0 aliphatic heterocycles. The molecule has 3 nitrogen and oxygen atoms in total. The molecule has 2 aromatic carbocycles. The average Bonchev–Trinajstić information content (AvgIpc) is 2.41. The van der Waals surface area contributed by atoms with E-state index >= 15 is 0 Å². The van der Waals surface area contributed by atoms with Crippen LogP contribution in [0.15, 0.2) is 42.5 Å². The highest BCUT2D eigenvalue weighted by molar-refractivity contribution is 5.51. The molecule has 106 valence electrons. The lowest BCUT2D eigenvalue weighted by molar-refractivity contribution is 0.403. The van der Waals surface area contributed by atoms with E-state index in [0.717, 1.165) is 17.8 Å². The van der Waals surface area contributed by atoms with Crippen LogP contribution in [0.25, 0.3) is 0 Å². The Hall–Kier alpha value is -2.07. The molecule has 0 heterocycles. The van der Waals surface area contributed by atoms with Gasteiger partial charge in [0.05, 0.1) is 0 Å². The van der Waals surface area contributed by atoms with Gasteiger partial charge in [0, 0.05) is 18.8 Å². The Labute approximate surface area is 118 Å². The van der Waals surface area contributed by atoms with Crippen LogP contribution in [-0.2, 0) is 13.1 Å². The summed E-state index contributed by atoms with van der Waals surface area (Å²) in [6.45, 7) is 1.36. The third kappa shape index (κ3) is 3.71. The van der Waals surface area contributed by atoms with Gasteiger partial charge < -0.3 is 15.3 Å². The number of hydrogen-bond donors (Lipinski definition) is 2. The zero-order valence-electron chi connectivity index (χ0n) is 11.7. The van der Waals surface area contributed by atoms with Gasteiger partial charge in [0.15, 0.2) is 11.6 Å². The number of anilines is 1.